The Morgan fingerprint density at radius 3 is 2.30 bits per heavy atom. The fourth-order valence-corrected chi connectivity index (χ4v) is 4.14. The summed E-state index contributed by atoms with van der Waals surface area (Å²) in [5.41, 5.74) is 4.52. The molecule has 0 fully saturated rings. The number of hydrogen-bond acceptors (Lipinski definition) is 9. The molecule has 1 amide bonds. The summed E-state index contributed by atoms with van der Waals surface area (Å²) in [5.74, 6) is 2.01. The number of benzene rings is 3. The van der Waals surface area contributed by atoms with Gasteiger partial charge in [-0.05, 0) is 60.7 Å². The van der Waals surface area contributed by atoms with Gasteiger partial charge < -0.3 is 19.3 Å². The Kier molecular flexibility index (Phi) is 8.26. The Hall–Kier alpha value is -4.51. The highest BCUT2D eigenvalue weighted by atomic mass is 32.2. The van der Waals surface area contributed by atoms with Crippen LogP contribution in [0.2, 0.25) is 0 Å². The number of rotatable bonds is 10. The van der Waals surface area contributed by atoms with Gasteiger partial charge in [-0.2, -0.15) is 5.10 Å². The first kappa shape index (κ1) is 25.6. The Labute approximate surface area is 217 Å². The van der Waals surface area contributed by atoms with E-state index < -0.39 is 0 Å². The molecule has 190 valence electrons. The van der Waals surface area contributed by atoms with Gasteiger partial charge in [0.2, 0.25) is 0 Å². The number of carbonyl (C=O) groups is 1. The van der Waals surface area contributed by atoms with Crippen LogP contribution in [0.15, 0.2) is 77.0 Å². The van der Waals surface area contributed by atoms with Crippen LogP contribution in [0.4, 0.5) is 0 Å². The van der Waals surface area contributed by atoms with Gasteiger partial charge in [-0.1, -0.05) is 17.8 Å². The molecule has 0 aliphatic carbocycles. The van der Waals surface area contributed by atoms with E-state index in [9.17, 15) is 9.90 Å². The summed E-state index contributed by atoms with van der Waals surface area (Å²) in [6, 6.07) is 20.0. The van der Waals surface area contributed by atoms with E-state index in [1.54, 1.807) is 32.4 Å². The second-order valence-electron chi connectivity index (χ2n) is 7.55. The van der Waals surface area contributed by atoms with Gasteiger partial charge in [-0.3, -0.25) is 9.36 Å². The zero-order valence-electron chi connectivity index (χ0n) is 20.4. The van der Waals surface area contributed by atoms with Crippen LogP contribution in [0.3, 0.4) is 0 Å². The van der Waals surface area contributed by atoms with Crippen molar-refractivity contribution in [3.63, 3.8) is 0 Å². The minimum atomic E-state index is -0.348. The minimum absolute atomic E-state index is 0.0400. The summed E-state index contributed by atoms with van der Waals surface area (Å²) >= 11 is 1.22. The van der Waals surface area contributed by atoms with Crippen molar-refractivity contribution in [2.75, 3.05) is 27.1 Å². The maximum Gasteiger partial charge on any atom is 0.250 e. The van der Waals surface area contributed by atoms with E-state index in [0.29, 0.717) is 22.3 Å². The lowest BCUT2D eigenvalue weighted by Gasteiger charge is -2.11. The van der Waals surface area contributed by atoms with Gasteiger partial charge in [-0.15, -0.1) is 10.2 Å². The molecule has 0 spiro atoms. The molecule has 4 aromatic rings. The second kappa shape index (κ2) is 12.0. The predicted octanol–water partition coefficient (Wildman–Crippen LogP) is 3.91. The highest BCUT2D eigenvalue weighted by Gasteiger charge is 2.18. The molecule has 0 radical (unpaired) electrons. The molecular weight excluding hydrogens is 494 g/mol. The predicted molar refractivity (Wildman–Crippen MR) is 141 cm³/mol. The van der Waals surface area contributed by atoms with E-state index in [4.69, 9.17) is 14.2 Å². The second-order valence-corrected chi connectivity index (χ2v) is 8.49. The number of aromatic nitrogens is 3. The first-order chi connectivity index (χ1) is 18.0. The number of phenols is 1. The number of methoxy groups -OCH3 is 3. The van der Waals surface area contributed by atoms with Crippen LogP contribution in [-0.4, -0.2) is 59.1 Å². The Morgan fingerprint density at radius 2 is 1.65 bits per heavy atom. The fourth-order valence-electron chi connectivity index (χ4n) is 3.40. The van der Waals surface area contributed by atoms with Crippen LogP contribution >= 0.6 is 11.8 Å². The molecule has 0 saturated heterocycles. The molecule has 0 unspecified atom stereocenters. The normalized spacial score (nSPS) is 10.9. The Morgan fingerprint density at radius 1 is 0.973 bits per heavy atom. The Bertz CT molecular complexity index is 1390. The topological polar surface area (TPSA) is 120 Å². The zero-order valence-corrected chi connectivity index (χ0v) is 21.2. The number of para-hydroxylation sites is 1. The van der Waals surface area contributed by atoms with Gasteiger partial charge in [-0.25, -0.2) is 5.43 Å². The molecule has 0 aliphatic heterocycles. The van der Waals surface area contributed by atoms with Crippen molar-refractivity contribution in [1.29, 1.82) is 0 Å². The fraction of sp³-hybridized carbons (Fsp3) is 0.154. The van der Waals surface area contributed by atoms with E-state index >= 15 is 0 Å². The summed E-state index contributed by atoms with van der Waals surface area (Å²) in [5, 5.41) is 23.3. The van der Waals surface area contributed by atoms with Gasteiger partial charge in [0.1, 0.15) is 11.5 Å². The highest BCUT2D eigenvalue weighted by Crippen LogP contribution is 2.30. The number of hydrazone groups is 1. The van der Waals surface area contributed by atoms with Crippen molar-refractivity contribution in [2.45, 2.75) is 5.16 Å². The third-order valence-corrected chi connectivity index (χ3v) is 6.22. The molecular formula is C26H25N5O5S. The molecule has 0 saturated carbocycles. The number of nitrogens with one attached hydrogen (secondary N) is 1. The van der Waals surface area contributed by atoms with E-state index in [0.717, 1.165) is 22.7 Å². The number of phenolic OH excluding ortho intramolecular Hbond substituents is 1. The third kappa shape index (κ3) is 6.01. The third-order valence-electron chi connectivity index (χ3n) is 5.29. The lowest BCUT2D eigenvalue weighted by molar-refractivity contribution is -0.118. The first-order valence-corrected chi connectivity index (χ1v) is 12.1. The number of carbonyl (C=O) groups excluding carboxylic acids is 1. The number of nitrogens with zero attached hydrogens (tertiary/aromatic N) is 4. The van der Waals surface area contributed by atoms with Crippen molar-refractivity contribution in [3.05, 3.63) is 72.3 Å². The zero-order chi connectivity index (χ0) is 26.2. The molecule has 3 aromatic carbocycles. The summed E-state index contributed by atoms with van der Waals surface area (Å²) < 4.78 is 17.5. The standard InChI is InChI=1S/C26H25N5O5S/c1-34-20-11-7-17(8-12-20)25-29-30-26(31(25)19-9-13-21(35-2)14-10-19)37-16-23(32)28-27-15-18-5-4-6-22(36-3)24(18)33/h4-15,33H,16H2,1-3H3,(H,28,32). The Balaban J connectivity index is 1.52. The molecule has 37 heavy (non-hydrogen) atoms. The van der Waals surface area contributed by atoms with Gasteiger partial charge in [0.05, 0.1) is 33.3 Å². The number of amides is 1. The lowest BCUT2D eigenvalue weighted by atomic mass is 10.2. The van der Waals surface area contributed by atoms with Crippen LogP contribution in [0.5, 0.6) is 23.0 Å². The van der Waals surface area contributed by atoms with Crippen LogP contribution in [0.25, 0.3) is 17.1 Å². The highest BCUT2D eigenvalue weighted by molar-refractivity contribution is 7.99. The van der Waals surface area contributed by atoms with Crippen LogP contribution < -0.4 is 19.6 Å². The molecule has 0 atom stereocenters. The van der Waals surface area contributed by atoms with Crippen molar-refractivity contribution in [3.8, 4) is 40.1 Å². The summed E-state index contributed by atoms with van der Waals surface area (Å²) in [6.07, 6.45) is 1.35. The van der Waals surface area contributed by atoms with Crippen LogP contribution in [0.1, 0.15) is 5.56 Å². The number of ether oxygens (including phenoxy) is 3. The van der Waals surface area contributed by atoms with E-state index in [1.165, 1.54) is 25.1 Å². The smallest absolute Gasteiger partial charge is 0.250 e. The molecule has 0 aliphatic rings. The van der Waals surface area contributed by atoms with Crippen molar-refractivity contribution >= 4 is 23.9 Å². The van der Waals surface area contributed by atoms with Gasteiger partial charge in [0.25, 0.3) is 5.91 Å². The maximum absolute atomic E-state index is 12.5. The first-order valence-electron chi connectivity index (χ1n) is 11.1. The van der Waals surface area contributed by atoms with Gasteiger partial charge >= 0.3 is 0 Å². The van der Waals surface area contributed by atoms with E-state index in [2.05, 4.69) is 20.7 Å². The average Bonchev–Trinajstić information content (AvgIpc) is 3.37. The monoisotopic (exact) mass is 519 g/mol. The van der Waals surface area contributed by atoms with Crippen LogP contribution in [-0.2, 0) is 4.79 Å². The largest absolute Gasteiger partial charge is 0.504 e. The average molecular weight is 520 g/mol. The summed E-state index contributed by atoms with van der Waals surface area (Å²) in [7, 11) is 4.67. The molecule has 2 N–H and O–H groups in total. The van der Waals surface area contributed by atoms with Gasteiger partial charge in [0.15, 0.2) is 22.5 Å². The molecule has 1 heterocycles. The van der Waals surface area contributed by atoms with Crippen LogP contribution in [0, 0.1) is 0 Å². The van der Waals surface area contributed by atoms with E-state index in [-0.39, 0.29) is 17.4 Å². The SMILES string of the molecule is COc1ccc(-c2nnc(SCC(=O)NN=Cc3cccc(OC)c3O)n2-c2ccc(OC)cc2)cc1. The quantitative estimate of drug-likeness (QED) is 0.184. The molecule has 4 rings (SSSR count). The number of thioether (sulfide) groups is 1. The van der Waals surface area contributed by atoms with Crippen molar-refractivity contribution < 1.29 is 24.1 Å². The summed E-state index contributed by atoms with van der Waals surface area (Å²) in [4.78, 5) is 12.5. The number of aromatic hydroxyl groups is 1. The summed E-state index contributed by atoms with van der Waals surface area (Å²) in [6.45, 7) is 0. The molecule has 1 aromatic heterocycles. The maximum atomic E-state index is 12.5. The molecule has 11 heteroatoms. The van der Waals surface area contributed by atoms with Crippen molar-refractivity contribution in [2.24, 2.45) is 5.10 Å². The molecule has 10 nitrogen and oxygen atoms in total. The minimum Gasteiger partial charge on any atom is -0.504 e. The van der Waals surface area contributed by atoms with Crippen molar-refractivity contribution in [1.82, 2.24) is 20.2 Å². The number of hydrogen-bond donors (Lipinski definition) is 2. The van der Waals surface area contributed by atoms with Gasteiger partial charge in [0, 0.05) is 16.8 Å². The lowest BCUT2D eigenvalue weighted by Crippen LogP contribution is -2.20. The molecule has 0 bridgehead atoms. The van der Waals surface area contributed by atoms with E-state index in [1.807, 2.05) is 53.1 Å².